The highest BCUT2D eigenvalue weighted by Gasteiger charge is 2.25. The van der Waals surface area contributed by atoms with Crippen molar-refractivity contribution in [1.29, 1.82) is 5.26 Å². The Hall–Kier alpha value is -1.42. The van der Waals surface area contributed by atoms with Crippen molar-refractivity contribution in [2.75, 3.05) is 6.54 Å². The number of hydrogen-bond acceptors (Lipinski definition) is 4. The van der Waals surface area contributed by atoms with Crippen LogP contribution >= 0.6 is 0 Å². The number of nitrogens with zero attached hydrogens (tertiary/aromatic N) is 1. The van der Waals surface area contributed by atoms with E-state index < -0.39 is 16.1 Å². The van der Waals surface area contributed by atoms with Gasteiger partial charge in [-0.05, 0) is 49.4 Å². The molecule has 6 heteroatoms. The van der Waals surface area contributed by atoms with E-state index in [0.717, 1.165) is 25.7 Å². The van der Waals surface area contributed by atoms with Crippen LogP contribution in [-0.2, 0) is 10.0 Å². The molecule has 1 unspecified atom stereocenters. The molecule has 0 saturated heterocycles. The minimum Gasteiger partial charge on any atom is -0.391 e. The van der Waals surface area contributed by atoms with Crippen LogP contribution in [0.25, 0.3) is 0 Å². The highest BCUT2D eigenvalue weighted by molar-refractivity contribution is 7.89. The summed E-state index contributed by atoms with van der Waals surface area (Å²) in [5, 5.41) is 18.8. The minimum atomic E-state index is -3.66. The number of sulfonamides is 1. The van der Waals surface area contributed by atoms with Crippen molar-refractivity contribution < 1.29 is 13.5 Å². The van der Waals surface area contributed by atoms with Gasteiger partial charge in [0.05, 0.1) is 22.6 Å². The number of aliphatic hydroxyl groups is 1. The standard InChI is InChI=1S/C15H20N2O3S/c1-11-8-12(9-16)6-7-15(11)21(19,20)17-10-14(18)13-4-2-3-5-13/h6-8,13-14,17-18H,2-5,10H2,1H3. The monoisotopic (exact) mass is 308 g/mol. The first-order chi connectivity index (χ1) is 9.94. The molecule has 2 N–H and O–H groups in total. The van der Waals surface area contributed by atoms with E-state index >= 15 is 0 Å². The van der Waals surface area contributed by atoms with Gasteiger partial charge >= 0.3 is 0 Å². The summed E-state index contributed by atoms with van der Waals surface area (Å²) in [5.74, 6) is 0.190. The Morgan fingerprint density at radius 3 is 2.67 bits per heavy atom. The van der Waals surface area contributed by atoms with Crippen molar-refractivity contribution in [2.24, 2.45) is 5.92 Å². The lowest BCUT2D eigenvalue weighted by Gasteiger charge is -2.18. The summed E-state index contributed by atoms with van der Waals surface area (Å²) in [6.45, 7) is 1.69. The Labute approximate surface area is 125 Å². The number of nitrogens with one attached hydrogen (secondary N) is 1. The lowest BCUT2D eigenvalue weighted by atomic mass is 10.0. The Morgan fingerprint density at radius 1 is 1.43 bits per heavy atom. The van der Waals surface area contributed by atoms with Gasteiger partial charge in [-0.1, -0.05) is 12.8 Å². The zero-order valence-corrected chi connectivity index (χ0v) is 12.9. The molecule has 5 nitrogen and oxygen atoms in total. The smallest absolute Gasteiger partial charge is 0.240 e. The maximum absolute atomic E-state index is 12.3. The minimum absolute atomic E-state index is 0.0342. The van der Waals surface area contributed by atoms with Gasteiger partial charge in [0.15, 0.2) is 0 Å². The highest BCUT2D eigenvalue weighted by Crippen LogP contribution is 2.27. The molecule has 1 aliphatic carbocycles. The molecule has 0 heterocycles. The summed E-state index contributed by atoms with van der Waals surface area (Å²) >= 11 is 0. The van der Waals surface area contributed by atoms with E-state index in [1.165, 1.54) is 12.1 Å². The SMILES string of the molecule is Cc1cc(C#N)ccc1S(=O)(=O)NCC(O)C1CCCC1. The molecule has 0 aromatic heterocycles. The molecule has 0 bridgehead atoms. The van der Waals surface area contributed by atoms with Gasteiger partial charge in [-0.3, -0.25) is 0 Å². The molecular formula is C15H20N2O3S. The summed E-state index contributed by atoms with van der Waals surface area (Å²) in [4.78, 5) is 0.153. The van der Waals surface area contributed by atoms with Crippen molar-refractivity contribution in [2.45, 2.75) is 43.6 Å². The quantitative estimate of drug-likeness (QED) is 0.866. The molecule has 2 rings (SSSR count). The number of benzene rings is 1. The van der Waals surface area contributed by atoms with E-state index in [1.807, 2.05) is 6.07 Å². The molecule has 0 aliphatic heterocycles. The first-order valence-corrected chi connectivity index (χ1v) is 8.61. The number of hydrogen-bond donors (Lipinski definition) is 2. The van der Waals surface area contributed by atoms with Gasteiger partial charge < -0.3 is 5.11 Å². The molecule has 1 atom stereocenters. The van der Waals surface area contributed by atoms with E-state index in [2.05, 4.69) is 4.72 Å². The fourth-order valence-electron chi connectivity index (χ4n) is 2.80. The summed E-state index contributed by atoms with van der Waals surface area (Å²) in [6.07, 6.45) is 3.48. The van der Waals surface area contributed by atoms with Crippen LogP contribution in [0.4, 0.5) is 0 Å². The van der Waals surface area contributed by atoms with Crippen LogP contribution in [0.2, 0.25) is 0 Å². The average Bonchev–Trinajstić information content (AvgIpc) is 2.98. The van der Waals surface area contributed by atoms with E-state index in [1.54, 1.807) is 13.0 Å². The topological polar surface area (TPSA) is 90.2 Å². The zero-order valence-electron chi connectivity index (χ0n) is 12.0. The molecule has 21 heavy (non-hydrogen) atoms. The van der Waals surface area contributed by atoms with Gasteiger partial charge in [0.25, 0.3) is 0 Å². The second kappa shape index (κ2) is 6.56. The normalized spacial score (nSPS) is 17.6. The van der Waals surface area contributed by atoms with E-state index in [-0.39, 0.29) is 17.4 Å². The van der Waals surface area contributed by atoms with Crippen LogP contribution in [0, 0.1) is 24.2 Å². The molecule has 1 aromatic rings. The van der Waals surface area contributed by atoms with Crippen LogP contribution in [0.5, 0.6) is 0 Å². The summed E-state index contributed by atoms with van der Waals surface area (Å²) in [5.41, 5.74) is 0.953. The van der Waals surface area contributed by atoms with Gasteiger partial charge in [-0.15, -0.1) is 0 Å². The number of rotatable bonds is 5. The second-order valence-electron chi connectivity index (χ2n) is 5.56. The Kier molecular flexibility index (Phi) is 4.99. The summed E-state index contributed by atoms with van der Waals surface area (Å²) < 4.78 is 27.0. The summed E-state index contributed by atoms with van der Waals surface area (Å²) in [6, 6.07) is 6.43. The third-order valence-corrected chi connectivity index (χ3v) is 5.60. The Bertz CT molecular complexity index is 643. The number of aliphatic hydroxyl groups excluding tert-OH is 1. The predicted molar refractivity (Wildman–Crippen MR) is 79.0 cm³/mol. The van der Waals surface area contributed by atoms with Crippen LogP contribution < -0.4 is 4.72 Å². The molecule has 1 aromatic carbocycles. The van der Waals surface area contributed by atoms with Crippen molar-refractivity contribution in [1.82, 2.24) is 4.72 Å². The maximum atomic E-state index is 12.3. The van der Waals surface area contributed by atoms with Crippen molar-refractivity contribution in [3.05, 3.63) is 29.3 Å². The zero-order chi connectivity index (χ0) is 15.5. The fraction of sp³-hybridized carbons (Fsp3) is 0.533. The molecule has 1 aliphatic rings. The van der Waals surface area contributed by atoms with Crippen LogP contribution in [0.1, 0.15) is 36.8 Å². The predicted octanol–water partition coefficient (Wildman–Crippen LogP) is 1.70. The molecule has 114 valence electrons. The van der Waals surface area contributed by atoms with Crippen molar-refractivity contribution >= 4 is 10.0 Å². The maximum Gasteiger partial charge on any atom is 0.240 e. The first kappa shape index (κ1) is 16.0. The number of aryl methyl sites for hydroxylation is 1. The lowest BCUT2D eigenvalue weighted by molar-refractivity contribution is 0.115. The second-order valence-corrected chi connectivity index (χ2v) is 7.29. The lowest BCUT2D eigenvalue weighted by Crippen LogP contribution is -2.35. The number of nitriles is 1. The van der Waals surface area contributed by atoms with E-state index in [4.69, 9.17) is 5.26 Å². The van der Waals surface area contributed by atoms with Crippen molar-refractivity contribution in [3.8, 4) is 6.07 Å². The third kappa shape index (κ3) is 3.82. The highest BCUT2D eigenvalue weighted by atomic mass is 32.2. The van der Waals surface area contributed by atoms with Crippen molar-refractivity contribution in [3.63, 3.8) is 0 Å². The average molecular weight is 308 g/mol. The molecule has 0 amide bonds. The van der Waals surface area contributed by atoms with Crippen LogP contribution in [0.3, 0.4) is 0 Å². The molecule has 1 fully saturated rings. The van der Waals surface area contributed by atoms with Gasteiger partial charge in [0, 0.05) is 6.54 Å². The largest absolute Gasteiger partial charge is 0.391 e. The Morgan fingerprint density at radius 2 is 2.10 bits per heavy atom. The van der Waals surface area contributed by atoms with E-state index in [0.29, 0.717) is 11.1 Å². The van der Waals surface area contributed by atoms with Gasteiger partial charge in [0.1, 0.15) is 0 Å². The molecule has 1 saturated carbocycles. The van der Waals surface area contributed by atoms with E-state index in [9.17, 15) is 13.5 Å². The van der Waals surface area contributed by atoms with Gasteiger partial charge in [-0.25, -0.2) is 13.1 Å². The third-order valence-electron chi connectivity index (χ3n) is 4.02. The van der Waals surface area contributed by atoms with Crippen LogP contribution in [0.15, 0.2) is 23.1 Å². The first-order valence-electron chi connectivity index (χ1n) is 7.12. The van der Waals surface area contributed by atoms with Gasteiger partial charge in [-0.2, -0.15) is 5.26 Å². The van der Waals surface area contributed by atoms with Crippen LogP contribution in [-0.4, -0.2) is 26.2 Å². The molecule has 0 spiro atoms. The molecular weight excluding hydrogens is 288 g/mol. The van der Waals surface area contributed by atoms with Gasteiger partial charge in [0.2, 0.25) is 10.0 Å². The summed E-state index contributed by atoms with van der Waals surface area (Å²) in [7, 11) is -3.66. The Balaban J connectivity index is 2.06. The molecule has 0 radical (unpaired) electrons. The fourth-order valence-corrected chi connectivity index (χ4v) is 4.08.